The summed E-state index contributed by atoms with van der Waals surface area (Å²) in [5, 5.41) is 2.86. The zero-order valence-corrected chi connectivity index (χ0v) is 13.6. The summed E-state index contributed by atoms with van der Waals surface area (Å²) in [4.78, 5) is 11.4. The van der Waals surface area contributed by atoms with Crippen molar-refractivity contribution in [1.82, 2.24) is 5.32 Å². The highest BCUT2D eigenvalue weighted by molar-refractivity contribution is 9.10. The minimum absolute atomic E-state index is 0.00938. The second-order valence-electron chi connectivity index (χ2n) is 4.47. The van der Waals surface area contributed by atoms with Crippen molar-refractivity contribution in [2.75, 3.05) is 6.61 Å². The van der Waals surface area contributed by atoms with Crippen LogP contribution < -0.4 is 10.1 Å². The summed E-state index contributed by atoms with van der Waals surface area (Å²) >= 11 is 3.21. The third kappa shape index (κ3) is 4.64. The molecule has 1 N–H and O–H groups in total. The summed E-state index contributed by atoms with van der Waals surface area (Å²) in [6, 6.07) is 4.55. The molecule has 1 aromatic carbocycles. The number of carbonyl (C=O) groups is 1. The van der Waals surface area contributed by atoms with Crippen LogP contribution in [-0.2, 0) is 13.8 Å². The molecule has 0 radical (unpaired) electrons. The molecular formula is C12H13BrClNO4S. The third-order valence-corrected chi connectivity index (χ3v) is 4.69. The fourth-order valence-electron chi connectivity index (χ4n) is 1.53. The summed E-state index contributed by atoms with van der Waals surface area (Å²) in [7, 11) is 1.48. The van der Waals surface area contributed by atoms with Crippen molar-refractivity contribution in [3.8, 4) is 5.75 Å². The quantitative estimate of drug-likeness (QED) is 0.767. The first kappa shape index (κ1) is 15.6. The molecule has 20 heavy (non-hydrogen) atoms. The van der Waals surface area contributed by atoms with Crippen molar-refractivity contribution in [1.29, 1.82) is 0 Å². The Kier molecular flexibility index (Phi) is 4.93. The van der Waals surface area contributed by atoms with Crippen LogP contribution in [0.15, 0.2) is 27.6 Å². The normalized spacial score (nSPS) is 14.9. The van der Waals surface area contributed by atoms with Crippen molar-refractivity contribution < 1.29 is 17.9 Å². The van der Waals surface area contributed by atoms with E-state index in [-0.39, 0.29) is 23.8 Å². The molecule has 0 bridgehead atoms. The molecule has 1 fully saturated rings. The van der Waals surface area contributed by atoms with Gasteiger partial charge in [0, 0.05) is 16.7 Å². The standard InChI is InChI=1S/C12H13BrClNO4S/c13-10-7-9(20(14,17)18)3-4-11(10)19-6-5-12(16)15-8-1-2-8/h3-4,7-8H,1-2,5-6H2,(H,15,16). The van der Waals surface area contributed by atoms with E-state index in [1.165, 1.54) is 18.2 Å². The van der Waals surface area contributed by atoms with Crippen LogP contribution in [0.5, 0.6) is 5.75 Å². The minimum Gasteiger partial charge on any atom is -0.492 e. The van der Waals surface area contributed by atoms with Gasteiger partial charge in [-0.1, -0.05) is 0 Å². The Bertz CT molecular complexity index is 616. The van der Waals surface area contributed by atoms with Gasteiger partial charge < -0.3 is 10.1 Å². The fraction of sp³-hybridized carbons (Fsp3) is 0.417. The molecule has 0 unspecified atom stereocenters. The Hall–Kier alpha value is -0.790. The Labute approximate surface area is 130 Å². The number of nitrogens with one attached hydrogen (secondary N) is 1. The number of hydrogen-bond donors (Lipinski definition) is 1. The number of amides is 1. The Balaban J connectivity index is 1.88. The summed E-state index contributed by atoms with van der Waals surface area (Å²) in [5.74, 6) is 0.428. The second-order valence-corrected chi connectivity index (χ2v) is 7.89. The molecule has 0 spiro atoms. The molecule has 110 valence electrons. The van der Waals surface area contributed by atoms with Gasteiger partial charge in [-0.3, -0.25) is 4.79 Å². The SMILES string of the molecule is O=C(CCOc1ccc(S(=O)(=O)Cl)cc1Br)NC1CC1. The molecule has 0 atom stereocenters. The van der Waals surface area contributed by atoms with Crippen molar-refractivity contribution in [2.45, 2.75) is 30.2 Å². The van der Waals surface area contributed by atoms with Gasteiger partial charge in [-0.25, -0.2) is 8.42 Å². The van der Waals surface area contributed by atoms with Crippen LogP contribution >= 0.6 is 26.6 Å². The van der Waals surface area contributed by atoms with Gasteiger partial charge in [0.2, 0.25) is 5.91 Å². The predicted octanol–water partition coefficient (Wildman–Crippen LogP) is 2.42. The van der Waals surface area contributed by atoms with E-state index in [9.17, 15) is 13.2 Å². The average molecular weight is 383 g/mol. The number of rotatable bonds is 6. The van der Waals surface area contributed by atoms with Crippen molar-refractivity contribution >= 4 is 41.6 Å². The molecule has 0 saturated heterocycles. The van der Waals surface area contributed by atoms with Crippen LogP contribution in [0, 0.1) is 0 Å². The fourth-order valence-corrected chi connectivity index (χ4v) is 2.95. The molecule has 1 saturated carbocycles. The van der Waals surface area contributed by atoms with Gasteiger partial charge in [0.15, 0.2) is 0 Å². The molecule has 2 rings (SSSR count). The number of ether oxygens (including phenoxy) is 1. The number of hydrogen-bond acceptors (Lipinski definition) is 4. The van der Waals surface area contributed by atoms with Crippen molar-refractivity contribution in [2.24, 2.45) is 0 Å². The molecule has 1 aliphatic rings. The minimum atomic E-state index is -3.76. The lowest BCUT2D eigenvalue weighted by Gasteiger charge is -2.09. The van der Waals surface area contributed by atoms with Gasteiger partial charge >= 0.3 is 0 Å². The van der Waals surface area contributed by atoms with Gasteiger partial charge in [-0.05, 0) is 47.0 Å². The lowest BCUT2D eigenvalue weighted by Crippen LogP contribution is -2.26. The lowest BCUT2D eigenvalue weighted by molar-refractivity contribution is -0.121. The molecule has 0 heterocycles. The van der Waals surface area contributed by atoms with Gasteiger partial charge in [0.05, 0.1) is 22.4 Å². The first-order chi connectivity index (χ1) is 9.36. The van der Waals surface area contributed by atoms with Crippen molar-refractivity contribution in [3.05, 3.63) is 22.7 Å². The van der Waals surface area contributed by atoms with Gasteiger partial charge in [0.25, 0.3) is 9.05 Å². The number of halogens is 2. The van der Waals surface area contributed by atoms with E-state index in [1.807, 2.05) is 0 Å². The summed E-state index contributed by atoms with van der Waals surface area (Å²) in [5.41, 5.74) is 0. The molecule has 0 aromatic heterocycles. The molecular weight excluding hydrogens is 370 g/mol. The van der Waals surface area contributed by atoms with Gasteiger partial charge in [-0.15, -0.1) is 0 Å². The maximum atomic E-state index is 11.5. The summed E-state index contributed by atoms with van der Waals surface area (Å²) in [6.45, 7) is 0.226. The first-order valence-corrected chi connectivity index (χ1v) is 9.13. The van der Waals surface area contributed by atoms with E-state index in [0.29, 0.717) is 16.3 Å². The van der Waals surface area contributed by atoms with Crippen LogP contribution in [0.2, 0.25) is 0 Å². The second kappa shape index (κ2) is 6.32. The smallest absolute Gasteiger partial charge is 0.261 e. The Morgan fingerprint density at radius 2 is 2.15 bits per heavy atom. The molecule has 1 aromatic rings. The van der Waals surface area contributed by atoms with E-state index in [4.69, 9.17) is 15.4 Å². The van der Waals surface area contributed by atoms with E-state index >= 15 is 0 Å². The maximum Gasteiger partial charge on any atom is 0.261 e. The van der Waals surface area contributed by atoms with E-state index in [1.54, 1.807) is 0 Å². The number of carbonyl (C=O) groups excluding carboxylic acids is 1. The Morgan fingerprint density at radius 1 is 1.45 bits per heavy atom. The number of benzene rings is 1. The van der Waals surface area contributed by atoms with E-state index in [2.05, 4.69) is 21.2 Å². The first-order valence-electron chi connectivity index (χ1n) is 6.02. The topological polar surface area (TPSA) is 72.5 Å². The zero-order valence-electron chi connectivity index (χ0n) is 10.4. The van der Waals surface area contributed by atoms with Crippen LogP contribution in [0.3, 0.4) is 0 Å². The summed E-state index contributed by atoms with van der Waals surface area (Å²) < 4.78 is 28.2. The van der Waals surface area contributed by atoms with Crippen LogP contribution in [-0.4, -0.2) is 27.0 Å². The highest BCUT2D eigenvalue weighted by Gasteiger charge is 2.22. The summed E-state index contributed by atoms with van der Waals surface area (Å²) in [6.07, 6.45) is 2.36. The Morgan fingerprint density at radius 3 is 2.70 bits per heavy atom. The van der Waals surface area contributed by atoms with Gasteiger partial charge in [0.1, 0.15) is 5.75 Å². The zero-order chi connectivity index (χ0) is 14.8. The third-order valence-electron chi connectivity index (χ3n) is 2.71. The molecule has 0 aliphatic heterocycles. The molecule has 1 amide bonds. The van der Waals surface area contributed by atoms with Crippen LogP contribution in [0.25, 0.3) is 0 Å². The predicted molar refractivity (Wildman–Crippen MR) is 78.5 cm³/mol. The van der Waals surface area contributed by atoms with Crippen LogP contribution in [0.1, 0.15) is 19.3 Å². The highest BCUT2D eigenvalue weighted by atomic mass is 79.9. The van der Waals surface area contributed by atoms with Crippen LogP contribution in [0.4, 0.5) is 0 Å². The molecule has 1 aliphatic carbocycles. The molecule has 8 heteroatoms. The molecule has 5 nitrogen and oxygen atoms in total. The lowest BCUT2D eigenvalue weighted by atomic mass is 10.3. The monoisotopic (exact) mass is 381 g/mol. The largest absolute Gasteiger partial charge is 0.492 e. The van der Waals surface area contributed by atoms with Crippen molar-refractivity contribution in [3.63, 3.8) is 0 Å². The highest BCUT2D eigenvalue weighted by Crippen LogP contribution is 2.29. The maximum absolute atomic E-state index is 11.5. The van der Waals surface area contributed by atoms with E-state index < -0.39 is 9.05 Å². The van der Waals surface area contributed by atoms with E-state index in [0.717, 1.165) is 12.8 Å². The van der Waals surface area contributed by atoms with Gasteiger partial charge in [-0.2, -0.15) is 0 Å². The average Bonchev–Trinajstić information content (AvgIpc) is 3.13.